The third-order valence-electron chi connectivity index (χ3n) is 2.71. The van der Waals surface area contributed by atoms with Crippen molar-refractivity contribution in [1.29, 1.82) is 0 Å². The number of rotatable bonds is 3. The summed E-state index contributed by atoms with van der Waals surface area (Å²) in [6.45, 7) is 5.80. The molecule has 0 aliphatic heterocycles. The monoisotopic (exact) mass is 192 g/mol. The summed E-state index contributed by atoms with van der Waals surface area (Å²) >= 11 is 0. The van der Waals surface area contributed by atoms with Crippen LogP contribution in [0, 0.1) is 6.92 Å². The molecule has 76 valence electrons. The first-order chi connectivity index (χ1) is 6.57. The number of carbonyl (C=O) groups is 1. The Hall–Kier alpha value is -1.31. The Bertz CT molecular complexity index is 342. The highest BCUT2D eigenvalue weighted by molar-refractivity contribution is 5.76. The summed E-state index contributed by atoms with van der Waals surface area (Å²) in [5.41, 5.74) is 3.28. The Labute approximate surface area is 84.6 Å². The first-order valence-electron chi connectivity index (χ1n) is 4.89. The Balaban J connectivity index is 3.15. The van der Waals surface area contributed by atoms with E-state index in [0.717, 1.165) is 17.5 Å². The summed E-state index contributed by atoms with van der Waals surface area (Å²) in [6, 6.07) is 5.88. The summed E-state index contributed by atoms with van der Waals surface area (Å²) in [7, 11) is 0. The summed E-state index contributed by atoms with van der Waals surface area (Å²) in [6.07, 6.45) is 0.950. The zero-order chi connectivity index (χ0) is 10.7. The van der Waals surface area contributed by atoms with E-state index in [9.17, 15) is 4.79 Å². The van der Waals surface area contributed by atoms with Gasteiger partial charge in [-0.05, 0) is 37.0 Å². The molecule has 1 rings (SSSR count). The first-order valence-corrected chi connectivity index (χ1v) is 4.89. The number of aryl methyl sites for hydroxylation is 1. The van der Waals surface area contributed by atoms with Gasteiger partial charge in [0.1, 0.15) is 0 Å². The zero-order valence-electron chi connectivity index (χ0n) is 8.87. The van der Waals surface area contributed by atoms with Crippen LogP contribution in [-0.4, -0.2) is 11.1 Å². The van der Waals surface area contributed by atoms with E-state index in [4.69, 9.17) is 5.11 Å². The molecule has 0 amide bonds. The standard InChI is InChI=1S/C12H16O2/c1-4-10-6-5-7-11(8(10)2)9(3)12(13)14/h5-7,9H,4H2,1-3H3,(H,13,14). The van der Waals surface area contributed by atoms with Crippen LogP contribution in [0.25, 0.3) is 0 Å². The molecule has 14 heavy (non-hydrogen) atoms. The van der Waals surface area contributed by atoms with E-state index in [0.29, 0.717) is 0 Å². The van der Waals surface area contributed by atoms with Crippen molar-refractivity contribution in [1.82, 2.24) is 0 Å². The smallest absolute Gasteiger partial charge is 0.310 e. The van der Waals surface area contributed by atoms with Crippen LogP contribution in [0.3, 0.4) is 0 Å². The van der Waals surface area contributed by atoms with Crippen molar-refractivity contribution in [2.45, 2.75) is 33.1 Å². The topological polar surface area (TPSA) is 37.3 Å². The summed E-state index contributed by atoms with van der Waals surface area (Å²) < 4.78 is 0. The molecule has 0 saturated carbocycles. The minimum Gasteiger partial charge on any atom is -0.481 e. The Kier molecular flexibility index (Phi) is 3.28. The molecular formula is C12H16O2. The predicted molar refractivity (Wildman–Crippen MR) is 56.6 cm³/mol. The largest absolute Gasteiger partial charge is 0.481 e. The Morgan fingerprint density at radius 2 is 2.14 bits per heavy atom. The third kappa shape index (κ3) is 1.95. The van der Waals surface area contributed by atoms with Gasteiger partial charge in [0, 0.05) is 0 Å². The van der Waals surface area contributed by atoms with E-state index in [1.54, 1.807) is 6.92 Å². The molecule has 0 saturated heterocycles. The van der Waals surface area contributed by atoms with Gasteiger partial charge in [-0.1, -0.05) is 25.1 Å². The average Bonchev–Trinajstić information content (AvgIpc) is 2.17. The van der Waals surface area contributed by atoms with E-state index >= 15 is 0 Å². The van der Waals surface area contributed by atoms with Crippen LogP contribution in [0.15, 0.2) is 18.2 Å². The van der Waals surface area contributed by atoms with Gasteiger partial charge in [0.25, 0.3) is 0 Å². The molecular weight excluding hydrogens is 176 g/mol. The number of hydrogen-bond donors (Lipinski definition) is 1. The van der Waals surface area contributed by atoms with Gasteiger partial charge in [-0.3, -0.25) is 4.79 Å². The number of aliphatic carboxylic acids is 1. The lowest BCUT2D eigenvalue weighted by molar-refractivity contribution is -0.138. The Morgan fingerprint density at radius 3 is 2.64 bits per heavy atom. The van der Waals surface area contributed by atoms with Crippen molar-refractivity contribution >= 4 is 5.97 Å². The minimum absolute atomic E-state index is 0.415. The van der Waals surface area contributed by atoms with Gasteiger partial charge in [-0.25, -0.2) is 0 Å². The lowest BCUT2D eigenvalue weighted by Crippen LogP contribution is -2.09. The molecule has 0 spiro atoms. The van der Waals surface area contributed by atoms with Crippen molar-refractivity contribution in [3.05, 3.63) is 34.9 Å². The third-order valence-corrected chi connectivity index (χ3v) is 2.71. The lowest BCUT2D eigenvalue weighted by atomic mass is 9.92. The van der Waals surface area contributed by atoms with Crippen LogP contribution in [0.1, 0.15) is 36.5 Å². The fourth-order valence-electron chi connectivity index (χ4n) is 1.69. The van der Waals surface area contributed by atoms with E-state index in [-0.39, 0.29) is 0 Å². The number of carboxylic acid groups (broad SMARTS) is 1. The zero-order valence-corrected chi connectivity index (χ0v) is 8.87. The summed E-state index contributed by atoms with van der Waals surface area (Å²) in [5, 5.41) is 8.92. The van der Waals surface area contributed by atoms with Gasteiger partial charge in [-0.2, -0.15) is 0 Å². The van der Waals surface area contributed by atoms with Gasteiger partial charge in [0.2, 0.25) is 0 Å². The molecule has 0 radical (unpaired) electrons. The van der Waals surface area contributed by atoms with Crippen LogP contribution in [0.4, 0.5) is 0 Å². The van der Waals surface area contributed by atoms with Crippen LogP contribution in [-0.2, 0) is 11.2 Å². The number of hydrogen-bond acceptors (Lipinski definition) is 1. The molecule has 0 fully saturated rings. The molecule has 1 unspecified atom stereocenters. The van der Waals surface area contributed by atoms with Crippen molar-refractivity contribution < 1.29 is 9.90 Å². The van der Waals surface area contributed by atoms with Crippen LogP contribution in [0.5, 0.6) is 0 Å². The average molecular weight is 192 g/mol. The first kappa shape index (κ1) is 10.8. The predicted octanol–water partition coefficient (Wildman–Crippen LogP) is 2.75. The summed E-state index contributed by atoms with van der Waals surface area (Å²) in [4.78, 5) is 10.9. The lowest BCUT2D eigenvalue weighted by Gasteiger charge is -2.13. The van der Waals surface area contributed by atoms with E-state index < -0.39 is 11.9 Å². The van der Waals surface area contributed by atoms with Crippen LogP contribution < -0.4 is 0 Å². The molecule has 0 heterocycles. The quantitative estimate of drug-likeness (QED) is 0.799. The maximum Gasteiger partial charge on any atom is 0.310 e. The minimum atomic E-state index is -0.763. The van der Waals surface area contributed by atoms with Crippen molar-refractivity contribution in [2.75, 3.05) is 0 Å². The fourth-order valence-corrected chi connectivity index (χ4v) is 1.69. The molecule has 0 aliphatic carbocycles. The molecule has 2 heteroatoms. The van der Waals surface area contributed by atoms with Crippen molar-refractivity contribution in [3.63, 3.8) is 0 Å². The highest BCUT2D eigenvalue weighted by Gasteiger charge is 2.16. The second kappa shape index (κ2) is 4.27. The SMILES string of the molecule is CCc1cccc(C(C)C(=O)O)c1C. The van der Waals surface area contributed by atoms with Crippen LogP contribution in [0.2, 0.25) is 0 Å². The van der Waals surface area contributed by atoms with Gasteiger partial charge in [0.05, 0.1) is 5.92 Å². The number of carboxylic acids is 1. The van der Waals surface area contributed by atoms with Gasteiger partial charge < -0.3 is 5.11 Å². The van der Waals surface area contributed by atoms with E-state index in [1.165, 1.54) is 5.56 Å². The maximum atomic E-state index is 10.9. The molecule has 1 N–H and O–H groups in total. The van der Waals surface area contributed by atoms with Crippen molar-refractivity contribution in [2.24, 2.45) is 0 Å². The molecule has 0 aliphatic rings. The maximum absolute atomic E-state index is 10.9. The molecule has 1 aromatic rings. The van der Waals surface area contributed by atoms with E-state index in [2.05, 4.69) is 6.92 Å². The number of benzene rings is 1. The van der Waals surface area contributed by atoms with Crippen LogP contribution >= 0.6 is 0 Å². The second-order valence-corrected chi connectivity index (χ2v) is 3.54. The molecule has 0 bridgehead atoms. The highest BCUT2D eigenvalue weighted by Crippen LogP contribution is 2.22. The second-order valence-electron chi connectivity index (χ2n) is 3.54. The van der Waals surface area contributed by atoms with E-state index in [1.807, 2.05) is 25.1 Å². The molecule has 1 aromatic carbocycles. The highest BCUT2D eigenvalue weighted by atomic mass is 16.4. The fraction of sp³-hybridized carbons (Fsp3) is 0.417. The van der Waals surface area contributed by atoms with Gasteiger partial charge in [0.15, 0.2) is 0 Å². The molecule has 1 atom stereocenters. The van der Waals surface area contributed by atoms with Gasteiger partial charge in [-0.15, -0.1) is 0 Å². The molecule has 0 aromatic heterocycles. The summed E-state index contributed by atoms with van der Waals surface area (Å²) in [5.74, 6) is -1.18. The Morgan fingerprint density at radius 1 is 1.50 bits per heavy atom. The molecule has 2 nitrogen and oxygen atoms in total. The normalized spacial score (nSPS) is 12.5. The van der Waals surface area contributed by atoms with Crippen molar-refractivity contribution in [3.8, 4) is 0 Å². The van der Waals surface area contributed by atoms with Gasteiger partial charge >= 0.3 is 5.97 Å².